The summed E-state index contributed by atoms with van der Waals surface area (Å²) >= 11 is 6.73. The number of anilines is 1. The molecule has 0 bridgehead atoms. The Morgan fingerprint density at radius 1 is 1.07 bits per heavy atom. The van der Waals surface area contributed by atoms with Crippen LogP contribution in [0, 0.1) is 6.92 Å². The van der Waals surface area contributed by atoms with Crippen molar-refractivity contribution < 1.29 is 9.59 Å². The highest BCUT2D eigenvalue weighted by molar-refractivity contribution is 8.26. The van der Waals surface area contributed by atoms with Gasteiger partial charge in [-0.2, -0.15) is 0 Å². The molecule has 1 N–H and O–H groups in total. The van der Waals surface area contributed by atoms with E-state index in [1.807, 2.05) is 67.6 Å². The third-order valence-electron chi connectivity index (χ3n) is 4.59. The average molecular weight is 425 g/mol. The number of amides is 2. The fourth-order valence-corrected chi connectivity index (χ4v) is 4.29. The molecule has 6 heteroatoms. The molecule has 1 saturated heterocycles. The number of rotatable bonds is 8. The summed E-state index contributed by atoms with van der Waals surface area (Å²) in [5.41, 5.74) is 2.98. The summed E-state index contributed by atoms with van der Waals surface area (Å²) in [4.78, 5) is 27.0. The van der Waals surface area contributed by atoms with Gasteiger partial charge in [0.1, 0.15) is 4.32 Å². The van der Waals surface area contributed by atoms with Crippen LogP contribution in [0.4, 0.5) is 5.69 Å². The third kappa shape index (κ3) is 6.27. The summed E-state index contributed by atoms with van der Waals surface area (Å²) in [5, 5.41) is 2.91. The second kappa shape index (κ2) is 10.4. The molecule has 0 saturated carbocycles. The van der Waals surface area contributed by atoms with E-state index in [2.05, 4.69) is 5.32 Å². The minimum absolute atomic E-state index is 0.0188. The fourth-order valence-electron chi connectivity index (χ4n) is 2.99. The van der Waals surface area contributed by atoms with Crippen LogP contribution < -0.4 is 5.32 Å². The predicted molar refractivity (Wildman–Crippen MR) is 125 cm³/mol. The van der Waals surface area contributed by atoms with E-state index in [1.165, 1.54) is 11.8 Å². The molecule has 0 aliphatic carbocycles. The van der Waals surface area contributed by atoms with Crippen LogP contribution in [-0.2, 0) is 9.59 Å². The van der Waals surface area contributed by atoms with E-state index in [0.29, 0.717) is 22.2 Å². The second-order valence-electron chi connectivity index (χ2n) is 6.97. The fraction of sp³-hybridized carbons (Fsp3) is 0.261. The number of nitrogens with one attached hydrogen (secondary N) is 1. The lowest BCUT2D eigenvalue weighted by atomic mass is 10.1. The molecule has 2 aromatic rings. The Labute approximate surface area is 181 Å². The highest BCUT2D eigenvalue weighted by Crippen LogP contribution is 2.32. The Balaban J connectivity index is 1.39. The van der Waals surface area contributed by atoms with Crippen LogP contribution in [0.15, 0.2) is 59.5 Å². The van der Waals surface area contributed by atoms with Gasteiger partial charge < -0.3 is 5.32 Å². The Kier molecular flexibility index (Phi) is 7.61. The van der Waals surface area contributed by atoms with E-state index in [4.69, 9.17) is 12.2 Å². The van der Waals surface area contributed by atoms with Gasteiger partial charge in [-0.05, 0) is 43.5 Å². The Morgan fingerprint density at radius 3 is 2.52 bits per heavy atom. The van der Waals surface area contributed by atoms with E-state index >= 15 is 0 Å². The molecule has 1 aliphatic rings. The van der Waals surface area contributed by atoms with Gasteiger partial charge in [0.2, 0.25) is 5.91 Å². The number of aryl methyl sites for hydroxylation is 1. The Hall–Kier alpha value is -2.44. The van der Waals surface area contributed by atoms with Crippen molar-refractivity contribution in [1.82, 2.24) is 4.90 Å². The molecule has 1 aliphatic heterocycles. The highest BCUT2D eigenvalue weighted by Gasteiger charge is 2.31. The molecule has 1 fully saturated rings. The first-order chi connectivity index (χ1) is 14.0. The molecule has 3 rings (SSSR count). The third-order valence-corrected chi connectivity index (χ3v) is 5.97. The van der Waals surface area contributed by atoms with Crippen LogP contribution in [0.25, 0.3) is 6.08 Å². The second-order valence-corrected chi connectivity index (χ2v) is 8.64. The monoisotopic (exact) mass is 424 g/mol. The van der Waals surface area contributed by atoms with Crippen molar-refractivity contribution >= 4 is 51.9 Å². The van der Waals surface area contributed by atoms with Crippen molar-refractivity contribution in [3.8, 4) is 0 Å². The van der Waals surface area contributed by atoms with Gasteiger partial charge >= 0.3 is 0 Å². The van der Waals surface area contributed by atoms with Crippen LogP contribution in [0.2, 0.25) is 0 Å². The molecule has 0 atom stereocenters. The van der Waals surface area contributed by atoms with Crippen molar-refractivity contribution in [2.45, 2.75) is 32.6 Å². The van der Waals surface area contributed by atoms with Crippen molar-refractivity contribution in [1.29, 1.82) is 0 Å². The molecule has 0 aromatic heterocycles. The lowest BCUT2D eigenvalue weighted by Crippen LogP contribution is -2.29. The number of carbonyl (C=O) groups excluding carboxylic acids is 2. The quantitative estimate of drug-likeness (QED) is 0.350. The number of nitrogens with zero attached hydrogens (tertiary/aromatic N) is 1. The smallest absolute Gasteiger partial charge is 0.266 e. The normalized spacial score (nSPS) is 15.2. The number of hydrogen-bond acceptors (Lipinski definition) is 4. The summed E-state index contributed by atoms with van der Waals surface area (Å²) in [7, 11) is 0. The number of benzene rings is 2. The standard InChI is InChI=1S/C23H24N2O2S2/c1-17-11-13-19(14-12-17)24-21(26)10-6-3-7-15-25-22(27)20(29-23(25)28)16-18-8-4-2-5-9-18/h2,4-5,8-9,11-14,16H,3,6-7,10,15H2,1H3,(H,24,26). The summed E-state index contributed by atoms with van der Waals surface area (Å²) in [6, 6.07) is 17.5. The zero-order valence-electron chi connectivity index (χ0n) is 16.4. The molecule has 0 spiro atoms. The molecular formula is C23H24N2O2S2. The lowest BCUT2D eigenvalue weighted by Gasteiger charge is -2.14. The molecule has 150 valence electrons. The van der Waals surface area contributed by atoms with Gasteiger partial charge in [-0.15, -0.1) is 0 Å². The van der Waals surface area contributed by atoms with E-state index in [-0.39, 0.29) is 11.8 Å². The van der Waals surface area contributed by atoms with Gasteiger partial charge in [-0.1, -0.05) is 78.4 Å². The molecule has 1 heterocycles. The lowest BCUT2D eigenvalue weighted by molar-refractivity contribution is -0.122. The highest BCUT2D eigenvalue weighted by atomic mass is 32.2. The van der Waals surface area contributed by atoms with Crippen molar-refractivity contribution in [3.05, 3.63) is 70.6 Å². The van der Waals surface area contributed by atoms with E-state index in [9.17, 15) is 9.59 Å². The van der Waals surface area contributed by atoms with Crippen LogP contribution in [0.3, 0.4) is 0 Å². The summed E-state index contributed by atoms with van der Waals surface area (Å²) in [6.45, 7) is 2.61. The number of carbonyl (C=O) groups is 2. The predicted octanol–water partition coefficient (Wildman–Crippen LogP) is 5.40. The molecular weight excluding hydrogens is 400 g/mol. The topological polar surface area (TPSA) is 49.4 Å². The first-order valence-corrected chi connectivity index (χ1v) is 10.9. The largest absolute Gasteiger partial charge is 0.326 e. The van der Waals surface area contributed by atoms with Crippen molar-refractivity contribution in [2.24, 2.45) is 0 Å². The number of hydrogen-bond donors (Lipinski definition) is 1. The maximum atomic E-state index is 12.6. The summed E-state index contributed by atoms with van der Waals surface area (Å²) in [6.07, 6.45) is 4.83. The van der Waals surface area contributed by atoms with Gasteiger partial charge in [0.25, 0.3) is 5.91 Å². The molecule has 29 heavy (non-hydrogen) atoms. The van der Waals surface area contributed by atoms with Crippen molar-refractivity contribution in [3.63, 3.8) is 0 Å². The maximum absolute atomic E-state index is 12.6. The molecule has 0 radical (unpaired) electrons. The first kappa shape index (κ1) is 21.3. The van der Waals surface area contributed by atoms with Gasteiger partial charge in [0.05, 0.1) is 4.91 Å². The van der Waals surface area contributed by atoms with Crippen LogP contribution in [0.5, 0.6) is 0 Å². The van der Waals surface area contributed by atoms with Gasteiger partial charge in [0.15, 0.2) is 0 Å². The summed E-state index contributed by atoms with van der Waals surface area (Å²) < 4.78 is 0.606. The van der Waals surface area contributed by atoms with Gasteiger partial charge in [0, 0.05) is 18.7 Å². The molecule has 4 nitrogen and oxygen atoms in total. The number of thiocarbonyl (C=S) groups is 1. The van der Waals surface area contributed by atoms with Gasteiger partial charge in [-0.3, -0.25) is 14.5 Å². The maximum Gasteiger partial charge on any atom is 0.266 e. The SMILES string of the molecule is Cc1ccc(NC(=O)CCCCCN2C(=O)C(=Cc3ccccc3)SC2=S)cc1. The van der Waals surface area contributed by atoms with Crippen LogP contribution in [0.1, 0.15) is 36.8 Å². The first-order valence-electron chi connectivity index (χ1n) is 9.70. The zero-order valence-corrected chi connectivity index (χ0v) is 18.0. The summed E-state index contributed by atoms with van der Waals surface area (Å²) in [5.74, 6) is -0.00812. The molecule has 2 amide bonds. The Morgan fingerprint density at radius 2 is 1.79 bits per heavy atom. The number of unbranched alkanes of at least 4 members (excludes halogenated alkanes) is 2. The van der Waals surface area contributed by atoms with Crippen LogP contribution >= 0.6 is 24.0 Å². The molecule has 2 aromatic carbocycles. The zero-order chi connectivity index (χ0) is 20.6. The van der Waals surface area contributed by atoms with E-state index in [1.54, 1.807) is 4.90 Å². The van der Waals surface area contributed by atoms with Gasteiger partial charge in [-0.25, -0.2) is 0 Å². The molecule has 0 unspecified atom stereocenters. The average Bonchev–Trinajstić information content (AvgIpc) is 2.97. The minimum Gasteiger partial charge on any atom is -0.326 e. The minimum atomic E-state index is -0.0269. The number of thioether (sulfide) groups is 1. The van der Waals surface area contributed by atoms with Crippen molar-refractivity contribution in [2.75, 3.05) is 11.9 Å². The van der Waals surface area contributed by atoms with E-state index in [0.717, 1.165) is 36.1 Å². The van der Waals surface area contributed by atoms with Crippen LogP contribution in [-0.4, -0.2) is 27.6 Å². The Bertz CT molecular complexity index is 908. The van der Waals surface area contributed by atoms with E-state index < -0.39 is 0 Å².